The van der Waals surface area contributed by atoms with E-state index in [4.69, 9.17) is 4.74 Å². The summed E-state index contributed by atoms with van der Waals surface area (Å²) in [7, 11) is 0. The summed E-state index contributed by atoms with van der Waals surface area (Å²) in [5.74, 6) is 1.76. The molecule has 2 saturated carbocycles. The fourth-order valence-corrected chi connectivity index (χ4v) is 5.64. The summed E-state index contributed by atoms with van der Waals surface area (Å²) in [6, 6.07) is 0. The third kappa shape index (κ3) is 1.66. The van der Waals surface area contributed by atoms with Gasteiger partial charge in [0, 0.05) is 10.7 Å². The molecule has 0 radical (unpaired) electrons. The Morgan fingerprint density at radius 3 is 2.35 bits per heavy atom. The molecule has 0 aromatic heterocycles. The highest BCUT2D eigenvalue weighted by Crippen LogP contribution is 2.70. The topological polar surface area (TPSA) is 9.23 Å². The van der Waals surface area contributed by atoms with Crippen LogP contribution in [0.1, 0.15) is 52.9 Å². The number of hydrogen-bond acceptors (Lipinski definition) is 1. The largest absolute Gasteiger partial charge is 0.374 e. The zero-order chi connectivity index (χ0) is 12.3. The molecule has 3 rings (SSSR count). The summed E-state index contributed by atoms with van der Waals surface area (Å²) in [5.41, 5.74) is 1.25. The quantitative estimate of drug-likeness (QED) is 0.653. The Kier molecular flexibility index (Phi) is 2.73. The second-order valence-corrected chi connectivity index (χ2v) is 8.20. The Morgan fingerprint density at radius 2 is 1.88 bits per heavy atom. The molecule has 1 nitrogen and oxygen atoms in total. The Labute approximate surface area is 114 Å². The van der Waals surface area contributed by atoms with Crippen molar-refractivity contribution in [3.05, 3.63) is 0 Å². The fraction of sp³-hybridized carbons (Fsp3) is 1.00. The molecule has 1 saturated heterocycles. The molecular formula is C15H25BrO. The molecule has 1 heterocycles. The minimum atomic E-state index is 0.253. The van der Waals surface area contributed by atoms with Crippen LogP contribution in [0.15, 0.2) is 0 Å². The average molecular weight is 301 g/mol. The number of hydrogen-bond donors (Lipinski definition) is 0. The molecule has 2 unspecified atom stereocenters. The second-order valence-electron chi connectivity index (χ2n) is 7.64. The SMILES string of the molecule is CC(C)(C)C1CCC2(CC1)OCC1CC12CBr. The van der Waals surface area contributed by atoms with Crippen LogP contribution in [0.4, 0.5) is 0 Å². The summed E-state index contributed by atoms with van der Waals surface area (Å²) < 4.78 is 6.27. The van der Waals surface area contributed by atoms with Gasteiger partial charge in [-0.1, -0.05) is 36.7 Å². The van der Waals surface area contributed by atoms with E-state index in [0.29, 0.717) is 10.8 Å². The van der Waals surface area contributed by atoms with Crippen LogP contribution in [-0.4, -0.2) is 17.5 Å². The highest BCUT2D eigenvalue weighted by atomic mass is 79.9. The fourth-order valence-electron chi connectivity index (χ4n) is 4.44. The Balaban J connectivity index is 1.73. The number of fused-ring (bicyclic) bond motifs is 2. The molecule has 1 aliphatic heterocycles. The number of ether oxygens (including phenoxy) is 1. The lowest BCUT2D eigenvalue weighted by Gasteiger charge is -2.46. The van der Waals surface area contributed by atoms with Crippen molar-refractivity contribution in [2.75, 3.05) is 11.9 Å². The maximum Gasteiger partial charge on any atom is 0.0750 e. The van der Waals surface area contributed by atoms with Crippen LogP contribution in [0, 0.1) is 22.7 Å². The van der Waals surface area contributed by atoms with Crippen molar-refractivity contribution < 1.29 is 4.74 Å². The summed E-state index contributed by atoms with van der Waals surface area (Å²) >= 11 is 3.76. The van der Waals surface area contributed by atoms with Crippen LogP contribution in [0.25, 0.3) is 0 Å². The van der Waals surface area contributed by atoms with Gasteiger partial charge in [0.2, 0.25) is 0 Å². The van der Waals surface area contributed by atoms with Crippen molar-refractivity contribution in [3.63, 3.8) is 0 Å². The molecule has 2 aliphatic carbocycles. The van der Waals surface area contributed by atoms with E-state index < -0.39 is 0 Å². The maximum absolute atomic E-state index is 6.27. The van der Waals surface area contributed by atoms with Crippen molar-refractivity contribution in [2.24, 2.45) is 22.7 Å². The molecule has 0 aromatic carbocycles. The Morgan fingerprint density at radius 1 is 1.24 bits per heavy atom. The van der Waals surface area contributed by atoms with Crippen molar-refractivity contribution >= 4 is 15.9 Å². The van der Waals surface area contributed by atoms with Gasteiger partial charge < -0.3 is 4.74 Å². The highest BCUT2D eigenvalue weighted by molar-refractivity contribution is 9.09. The van der Waals surface area contributed by atoms with E-state index in [1.54, 1.807) is 0 Å². The predicted octanol–water partition coefficient (Wildman–Crippen LogP) is 4.39. The standard InChI is InChI=1S/C15H25BrO/c1-13(2,3)11-4-6-15(7-5-11)14(10-16)8-12(14)9-17-15/h11-12H,4-10H2,1-3H3. The van der Waals surface area contributed by atoms with E-state index >= 15 is 0 Å². The minimum absolute atomic E-state index is 0.253. The second kappa shape index (κ2) is 3.72. The van der Waals surface area contributed by atoms with Crippen LogP contribution in [0.3, 0.4) is 0 Å². The zero-order valence-electron chi connectivity index (χ0n) is 11.4. The maximum atomic E-state index is 6.27. The monoisotopic (exact) mass is 300 g/mol. The minimum Gasteiger partial charge on any atom is -0.374 e. The molecule has 3 fully saturated rings. The Bertz CT molecular complexity index is 307. The first-order valence-electron chi connectivity index (χ1n) is 7.13. The van der Waals surface area contributed by atoms with E-state index in [2.05, 4.69) is 36.7 Å². The van der Waals surface area contributed by atoms with Gasteiger partial charge in [-0.3, -0.25) is 0 Å². The van der Waals surface area contributed by atoms with Crippen LogP contribution < -0.4 is 0 Å². The molecule has 0 N–H and O–H groups in total. The summed E-state index contributed by atoms with van der Waals surface area (Å²) in [6.07, 6.45) is 6.75. The van der Waals surface area contributed by atoms with E-state index in [1.165, 1.54) is 32.1 Å². The lowest BCUT2D eigenvalue weighted by Crippen LogP contribution is -2.45. The lowest BCUT2D eigenvalue weighted by molar-refractivity contribution is -0.0904. The van der Waals surface area contributed by atoms with Crippen LogP contribution in [-0.2, 0) is 4.74 Å². The van der Waals surface area contributed by atoms with Gasteiger partial charge >= 0.3 is 0 Å². The molecule has 3 aliphatic rings. The van der Waals surface area contributed by atoms with Gasteiger partial charge in [0.15, 0.2) is 0 Å². The predicted molar refractivity (Wildman–Crippen MR) is 74.4 cm³/mol. The normalized spacial score (nSPS) is 49.4. The van der Waals surface area contributed by atoms with Gasteiger partial charge in [0.1, 0.15) is 0 Å². The lowest BCUT2D eigenvalue weighted by atomic mass is 9.64. The van der Waals surface area contributed by atoms with E-state index in [-0.39, 0.29) is 5.60 Å². The number of halogens is 1. The van der Waals surface area contributed by atoms with Crippen molar-refractivity contribution in [1.29, 1.82) is 0 Å². The van der Waals surface area contributed by atoms with Gasteiger partial charge in [-0.05, 0) is 49.4 Å². The Hall–Kier alpha value is 0.440. The molecule has 0 bridgehead atoms. The first-order valence-corrected chi connectivity index (χ1v) is 8.26. The van der Waals surface area contributed by atoms with Crippen molar-refractivity contribution in [3.8, 4) is 0 Å². The van der Waals surface area contributed by atoms with Gasteiger partial charge in [-0.2, -0.15) is 0 Å². The van der Waals surface area contributed by atoms with Gasteiger partial charge in [0.05, 0.1) is 12.2 Å². The van der Waals surface area contributed by atoms with Gasteiger partial charge in [-0.25, -0.2) is 0 Å². The molecule has 17 heavy (non-hydrogen) atoms. The summed E-state index contributed by atoms with van der Waals surface area (Å²) in [4.78, 5) is 0. The van der Waals surface area contributed by atoms with Crippen LogP contribution >= 0.6 is 15.9 Å². The summed E-state index contributed by atoms with van der Waals surface area (Å²) in [5, 5.41) is 1.16. The van der Waals surface area contributed by atoms with Crippen molar-refractivity contribution in [2.45, 2.75) is 58.5 Å². The zero-order valence-corrected chi connectivity index (χ0v) is 13.0. The molecule has 2 atom stereocenters. The van der Waals surface area contributed by atoms with E-state index in [1.807, 2.05) is 0 Å². The van der Waals surface area contributed by atoms with Gasteiger partial charge in [0.25, 0.3) is 0 Å². The third-order valence-corrected chi connectivity index (χ3v) is 6.96. The van der Waals surface area contributed by atoms with E-state index in [9.17, 15) is 0 Å². The van der Waals surface area contributed by atoms with Crippen molar-refractivity contribution in [1.82, 2.24) is 0 Å². The first kappa shape index (κ1) is 12.5. The van der Waals surface area contributed by atoms with Crippen LogP contribution in [0.5, 0.6) is 0 Å². The third-order valence-electron chi connectivity index (χ3n) is 5.96. The molecule has 2 heteroatoms. The average Bonchev–Trinajstić information content (AvgIpc) is 2.95. The molecule has 0 amide bonds. The molecule has 1 spiro atoms. The number of alkyl halides is 1. The smallest absolute Gasteiger partial charge is 0.0750 e. The van der Waals surface area contributed by atoms with E-state index in [0.717, 1.165) is 23.8 Å². The van der Waals surface area contributed by atoms with Gasteiger partial charge in [-0.15, -0.1) is 0 Å². The highest BCUT2D eigenvalue weighted by Gasteiger charge is 2.71. The molecular weight excluding hydrogens is 276 g/mol. The first-order chi connectivity index (χ1) is 7.94. The van der Waals surface area contributed by atoms with Crippen LogP contribution in [0.2, 0.25) is 0 Å². The molecule has 98 valence electrons. The molecule has 0 aromatic rings. The summed E-state index contributed by atoms with van der Waals surface area (Å²) in [6.45, 7) is 8.22. The number of rotatable bonds is 1.